The lowest BCUT2D eigenvalue weighted by molar-refractivity contribution is 0.569. The molecule has 2 aliphatic carbocycles. The van der Waals surface area contributed by atoms with E-state index < -0.39 is 0 Å². The molecule has 4 aromatic carbocycles. The van der Waals surface area contributed by atoms with E-state index in [4.69, 9.17) is 0 Å². The van der Waals surface area contributed by atoms with Crippen LogP contribution in [-0.4, -0.2) is 0 Å². The van der Waals surface area contributed by atoms with Crippen molar-refractivity contribution < 1.29 is 0 Å². The molecular formula is C26H19N. The van der Waals surface area contributed by atoms with Crippen molar-refractivity contribution in [2.75, 3.05) is 0 Å². The van der Waals surface area contributed by atoms with E-state index in [1.165, 1.54) is 43.8 Å². The van der Waals surface area contributed by atoms with E-state index >= 15 is 0 Å². The van der Waals surface area contributed by atoms with Gasteiger partial charge in [0, 0.05) is 0 Å². The lowest BCUT2D eigenvalue weighted by Crippen LogP contribution is -2.26. The lowest BCUT2D eigenvalue weighted by Gasteiger charge is -2.29. The zero-order valence-corrected chi connectivity index (χ0v) is 14.9. The fourth-order valence-corrected chi connectivity index (χ4v) is 4.69. The maximum atomic E-state index is 3.89. The molecule has 0 aliphatic heterocycles. The number of hydrogen-bond donors (Lipinski definition) is 1. The molecule has 2 unspecified atom stereocenters. The number of rotatable bonds is 2. The normalized spacial score (nSPS) is 19.7. The van der Waals surface area contributed by atoms with Crippen LogP contribution in [0.1, 0.15) is 34.3 Å². The Morgan fingerprint density at radius 2 is 0.963 bits per heavy atom. The van der Waals surface area contributed by atoms with Gasteiger partial charge in [-0.2, -0.15) is 0 Å². The Kier molecular flexibility index (Phi) is 3.14. The Morgan fingerprint density at radius 1 is 0.519 bits per heavy atom. The summed E-state index contributed by atoms with van der Waals surface area (Å²) in [6.07, 6.45) is 9.11. The highest BCUT2D eigenvalue weighted by Crippen LogP contribution is 2.38. The number of hydrogen-bond acceptors (Lipinski definition) is 1. The molecule has 4 aromatic rings. The molecule has 2 atom stereocenters. The topological polar surface area (TPSA) is 12.0 Å². The first kappa shape index (κ1) is 15.0. The predicted molar refractivity (Wildman–Crippen MR) is 115 cm³/mol. The van der Waals surface area contributed by atoms with Crippen LogP contribution in [-0.2, 0) is 0 Å². The first-order valence-corrected chi connectivity index (χ1v) is 9.54. The molecule has 0 amide bonds. The Balaban J connectivity index is 1.45. The van der Waals surface area contributed by atoms with E-state index in [1.807, 2.05) is 0 Å². The standard InChI is InChI=1S/C26H19N/c1-5-17-9-3-11-21-23(15-13-19(7-1)25(17)21)27-24-16-14-20-8-2-6-18-10-4-12-22(24)26(18)20/h1-16,23-24,27H. The fourth-order valence-electron chi connectivity index (χ4n) is 4.69. The van der Waals surface area contributed by atoms with Crippen LogP contribution in [0.4, 0.5) is 0 Å². The minimum atomic E-state index is 0.207. The average molecular weight is 345 g/mol. The smallest absolute Gasteiger partial charge is 0.0523 e. The monoisotopic (exact) mass is 345 g/mol. The highest BCUT2D eigenvalue weighted by molar-refractivity contribution is 5.97. The first-order valence-electron chi connectivity index (χ1n) is 9.54. The maximum absolute atomic E-state index is 3.89. The second kappa shape index (κ2) is 5.67. The van der Waals surface area contributed by atoms with Crippen LogP contribution >= 0.6 is 0 Å². The van der Waals surface area contributed by atoms with Crippen LogP contribution in [0, 0.1) is 0 Å². The van der Waals surface area contributed by atoms with Crippen molar-refractivity contribution in [3.8, 4) is 0 Å². The van der Waals surface area contributed by atoms with Gasteiger partial charge in [0.05, 0.1) is 12.1 Å². The zero-order chi connectivity index (χ0) is 17.8. The van der Waals surface area contributed by atoms with Crippen molar-refractivity contribution in [3.63, 3.8) is 0 Å². The summed E-state index contributed by atoms with van der Waals surface area (Å²) in [5.41, 5.74) is 5.36. The largest absolute Gasteiger partial charge is 0.296 e. The van der Waals surface area contributed by atoms with Gasteiger partial charge in [-0.1, -0.05) is 97.1 Å². The van der Waals surface area contributed by atoms with Gasteiger partial charge in [-0.05, 0) is 43.8 Å². The van der Waals surface area contributed by atoms with E-state index in [9.17, 15) is 0 Å². The van der Waals surface area contributed by atoms with E-state index in [-0.39, 0.29) is 12.1 Å². The fraction of sp³-hybridized carbons (Fsp3) is 0.0769. The molecule has 1 N–H and O–H groups in total. The molecule has 0 bridgehead atoms. The molecule has 0 fully saturated rings. The predicted octanol–water partition coefficient (Wildman–Crippen LogP) is 6.42. The van der Waals surface area contributed by atoms with Crippen LogP contribution < -0.4 is 5.32 Å². The molecule has 0 saturated heterocycles. The van der Waals surface area contributed by atoms with E-state index in [0.717, 1.165) is 0 Å². The molecular weight excluding hydrogens is 326 g/mol. The first-order chi connectivity index (χ1) is 13.4. The van der Waals surface area contributed by atoms with Gasteiger partial charge < -0.3 is 0 Å². The van der Waals surface area contributed by atoms with Gasteiger partial charge in [-0.15, -0.1) is 0 Å². The summed E-state index contributed by atoms with van der Waals surface area (Å²) in [6.45, 7) is 0. The minimum Gasteiger partial charge on any atom is -0.296 e. The summed E-state index contributed by atoms with van der Waals surface area (Å²) in [6, 6.07) is 26.8. The van der Waals surface area contributed by atoms with Gasteiger partial charge in [0.2, 0.25) is 0 Å². The summed E-state index contributed by atoms with van der Waals surface area (Å²) in [4.78, 5) is 0. The molecule has 2 aliphatic rings. The summed E-state index contributed by atoms with van der Waals surface area (Å²) in [7, 11) is 0. The summed E-state index contributed by atoms with van der Waals surface area (Å²) >= 11 is 0. The molecule has 1 nitrogen and oxygen atoms in total. The molecule has 128 valence electrons. The van der Waals surface area contributed by atoms with E-state index in [0.29, 0.717) is 0 Å². The van der Waals surface area contributed by atoms with Gasteiger partial charge >= 0.3 is 0 Å². The molecule has 0 radical (unpaired) electrons. The van der Waals surface area contributed by atoms with E-state index in [2.05, 4.69) is 102 Å². The van der Waals surface area contributed by atoms with Crippen molar-refractivity contribution >= 4 is 33.7 Å². The van der Waals surface area contributed by atoms with Crippen LogP contribution in [0.25, 0.3) is 33.7 Å². The van der Waals surface area contributed by atoms with Crippen LogP contribution in [0.15, 0.2) is 84.9 Å². The Morgan fingerprint density at radius 3 is 1.44 bits per heavy atom. The highest BCUT2D eigenvalue weighted by atomic mass is 14.9. The summed E-state index contributed by atoms with van der Waals surface area (Å²) in [5, 5.41) is 9.26. The Labute approximate surface area is 158 Å². The third-order valence-corrected chi connectivity index (χ3v) is 5.90. The lowest BCUT2D eigenvalue weighted by atomic mass is 9.87. The second-order valence-electron chi connectivity index (χ2n) is 7.43. The van der Waals surface area contributed by atoms with Crippen LogP contribution in [0.5, 0.6) is 0 Å². The number of benzene rings is 4. The molecule has 27 heavy (non-hydrogen) atoms. The summed E-state index contributed by atoms with van der Waals surface area (Å²) < 4.78 is 0. The molecule has 0 saturated carbocycles. The average Bonchev–Trinajstić information content (AvgIpc) is 2.72. The van der Waals surface area contributed by atoms with Crippen molar-refractivity contribution in [2.24, 2.45) is 0 Å². The molecule has 0 aromatic heterocycles. The zero-order valence-electron chi connectivity index (χ0n) is 14.9. The minimum absolute atomic E-state index is 0.207. The van der Waals surface area contributed by atoms with Gasteiger partial charge in [-0.3, -0.25) is 5.32 Å². The highest BCUT2D eigenvalue weighted by Gasteiger charge is 2.23. The van der Waals surface area contributed by atoms with Crippen LogP contribution in [0.3, 0.4) is 0 Å². The molecule has 0 spiro atoms. The van der Waals surface area contributed by atoms with Crippen molar-refractivity contribution in [1.29, 1.82) is 0 Å². The van der Waals surface area contributed by atoms with Gasteiger partial charge in [0.1, 0.15) is 0 Å². The number of nitrogens with one attached hydrogen (secondary N) is 1. The molecule has 1 heteroatoms. The van der Waals surface area contributed by atoms with E-state index in [1.54, 1.807) is 0 Å². The Bertz CT molecular complexity index is 1150. The van der Waals surface area contributed by atoms with Crippen molar-refractivity contribution in [1.82, 2.24) is 5.32 Å². The summed E-state index contributed by atoms with van der Waals surface area (Å²) in [5.74, 6) is 0. The quantitative estimate of drug-likeness (QED) is 0.442. The van der Waals surface area contributed by atoms with Gasteiger partial charge in [-0.25, -0.2) is 0 Å². The van der Waals surface area contributed by atoms with Crippen molar-refractivity contribution in [3.05, 3.63) is 107 Å². The third kappa shape index (κ3) is 2.22. The van der Waals surface area contributed by atoms with Crippen molar-refractivity contribution in [2.45, 2.75) is 12.1 Å². The SMILES string of the molecule is C1=CC(NC2C=Cc3cccc4cccc2c34)c2cccc3cccc1c23. The van der Waals surface area contributed by atoms with Gasteiger partial charge in [0.25, 0.3) is 0 Å². The van der Waals surface area contributed by atoms with Gasteiger partial charge in [0.15, 0.2) is 0 Å². The maximum Gasteiger partial charge on any atom is 0.0523 e. The Hall–Kier alpha value is -3.16. The molecule has 0 heterocycles. The molecule has 6 rings (SSSR count). The third-order valence-electron chi connectivity index (χ3n) is 5.90. The second-order valence-corrected chi connectivity index (χ2v) is 7.43. The van der Waals surface area contributed by atoms with Crippen LogP contribution in [0.2, 0.25) is 0 Å².